The van der Waals surface area contributed by atoms with E-state index in [2.05, 4.69) is 25.9 Å². The summed E-state index contributed by atoms with van der Waals surface area (Å²) in [6.07, 6.45) is 4.35. The highest BCUT2D eigenvalue weighted by molar-refractivity contribution is 9.10. The van der Waals surface area contributed by atoms with Crippen LogP contribution in [0.1, 0.15) is 5.56 Å². The zero-order valence-electron chi connectivity index (χ0n) is 10.6. The van der Waals surface area contributed by atoms with Crippen molar-refractivity contribution in [3.63, 3.8) is 0 Å². The van der Waals surface area contributed by atoms with Crippen LogP contribution >= 0.6 is 15.9 Å². The number of hydrogen-bond acceptors (Lipinski definition) is 3. The summed E-state index contributed by atoms with van der Waals surface area (Å²) in [6, 6.07) is 7.00. The normalized spacial score (nSPS) is 11.1. The number of halogens is 2. The van der Waals surface area contributed by atoms with E-state index in [0.29, 0.717) is 22.5 Å². The van der Waals surface area contributed by atoms with E-state index in [0.717, 1.165) is 17.5 Å². The summed E-state index contributed by atoms with van der Waals surface area (Å²) in [5.41, 5.74) is 8.42. The Labute approximate surface area is 123 Å². The van der Waals surface area contributed by atoms with Crippen LogP contribution in [0.3, 0.4) is 0 Å². The minimum Gasteiger partial charge on any atom is -0.369 e. The third kappa shape index (κ3) is 2.38. The highest BCUT2D eigenvalue weighted by Gasteiger charge is 2.11. The fourth-order valence-corrected chi connectivity index (χ4v) is 2.49. The first kappa shape index (κ1) is 13.1. The lowest BCUT2D eigenvalue weighted by atomic mass is 10.2. The second-order valence-electron chi connectivity index (χ2n) is 4.49. The number of fused-ring (bicyclic) bond motifs is 1. The van der Waals surface area contributed by atoms with Crippen LogP contribution in [0.4, 0.5) is 10.3 Å². The number of hydrogen-bond donors (Lipinski definition) is 1. The lowest BCUT2D eigenvalue weighted by molar-refractivity contribution is 0.622. The molecule has 102 valence electrons. The predicted molar refractivity (Wildman–Crippen MR) is 79.7 cm³/mol. The Balaban J connectivity index is 1.95. The molecule has 3 aromatic rings. The van der Waals surface area contributed by atoms with E-state index in [1.165, 1.54) is 6.07 Å². The zero-order chi connectivity index (χ0) is 14.1. The molecule has 0 saturated carbocycles. The number of imidazole rings is 1. The van der Waals surface area contributed by atoms with Crippen molar-refractivity contribution in [1.29, 1.82) is 0 Å². The second kappa shape index (κ2) is 5.20. The van der Waals surface area contributed by atoms with Crippen molar-refractivity contribution < 1.29 is 4.39 Å². The zero-order valence-corrected chi connectivity index (χ0v) is 12.1. The maximum Gasteiger partial charge on any atom is 0.201 e. The van der Waals surface area contributed by atoms with Gasteiger partial charge in [-0.25, -0.2) is 9.37 Å². The summed E-state index contributed by atoms with van der Waals surface area (Å²) in [5, 5.41) is 0. The first-order chi connectivity index (χ1) is 9.65. The number of rotatable bonds is 3. The van der Waals surface area contributed by atoms with Crippen molar-refractivity contribution >= 4 is 32.9 Å². The van der Waals surface area contributed by atoms with Crippen LogP contribution in [0.25, 0.3) is 11.0 Å². The van der Waals surface area contributed by atoms with Gasteiger partial charge in [0.2, 0.25) is 5.95 Å². The smallest absolute Gasteiger partial charge is 0.201 e. The molecule has 0 aliphatic carbocycles. The number of pyridine rings is 1. The standard InChI is InChI=1S/C14H12BrFN4/c15-10-6-13-12(7-11(10)16)19-14(17)20(13)5-3-9-2-1-4-18-8-9/h1-2,4,6-8H,3,5H2,(H2,17,19). The van der Waals surface area contributed by atoms with Gasteiger partial charge in [-0.1, -0.05) is 6.07 Å². The van der Waals surface area contributed by atoms with Crippen molar-refractivity contribution in [2.75, 3.05) is 5.73 Å². The number of anilines is 1. The minimum absolute atomic E-state index is 0.339. The largest absolute Gasteiger partial charge is 0.369 e. The molecule has 2 N–H and O–H groups in total. The van der Waals surface area contributed by atoms with Crippen LogP contribution < -0.4 is 5.73 Å². The number of aromatic nitrogens is 3. The van der Waals surface area contributed by atoms with Crippen molar-refractivity contribution in [3.8, 4) is 0 Å². The summed E-state index contributed by atoms with van der Waals surface area (Å²) in [7, 11) is 0. The maximum atomic E-state index is 13.5. The van der Waals surface area contributed by atoms with Gasteiger partial charge in [-0.15, -0.1) is 0 Å². The van der Waals surface area contributed by atoms with Crippen LogP contribution in [0.2, 0.25) is 0 Å². The molecule has 20 heavy (non-hydrogen) atoms. The lowest BCUT2D eigenvalue weighted by Crippen LogP contribution is -2.05. The van der Waals surface area contributed by atoms with Crippen LogP contribution in [-0.2, 0) is 13.0 Å². The Morgan fingerprint density at radius 1 is 1.35 bits per heavy atom. The highest BCUT2D eigenvalue weighted by Crippen LogP contribution is 2.25. The molecule has 3 rings (SSSR count). The van der Waals surface area contributed by atoms with Gasteiger partial charge >= 0.3 is 0 Å². The van der Waals surface area contributed by atoms with Gasteiger partial charge in [-0.3, -0.25) is 4.98 Å². The van der Waals surface area contributed by atoms with E-state index in [9.17, 15) is 4.39 Å². The first-order valence-electron chi connectivity index (χ1n) is 6.15. The molecule has 6 heteroatoms. The average molecular weight is 335 g/mol. The molecule has 0 bridgehead atoms. The predicted octanol–water partition coefficient (Wildman–Crippen LogP) is 3.16. The van der Waals surface area contributed by atoms with Gasteiger partial charge in [0.25, 0.3) is 0 Å². The van der Waals surface area contributed by atoms with Gasteiger partial charge in [0.15, 0.2) is 0 Å². The highest BCUT2D eigenvalue weighted by atomic mass is 79.9. The molecule has 1 aromatic carbocycles. The van der Waals surface area contributed by atoms with Gasteiger partial charge in [0.05, 0.1) is 15.5 Å². The van der Waals surface area contributed by atoms with Crippen LogP contribution in [0.15, 0.2) is 41.1 Å². The van der Waals surface area contributed by atoms with E-state index >= 15 is 0 Å². The topological polar surface area (TPSA) is 56.7 Å². The molecule has 2 heterocycles. The van der Waals surface area contributed by atoms with Gasteiger partial charge in [-0.05, 0) is 40.0 Å². The van der Waals surface area contributed by atoms with E-state index in [4.69, 9.17) is 5.73 Å². The molecular formula is C14H12BrFN4. The summed E-state index contributed by atoms with van der Waals surface area (Å²) in [6.45, 7) is 0.673. The molecule has 0 aliphatic rings. The molecule has 0 atom stereocenters. The number of nitrogen functional groups attached to an aromatic ring is 1. The summed E-state index contributed by atoms with van der Waals surface area (Å²) >= 11 is 3.19. The Bertz CT molecular complexity index is 755. The van der Waals surface area contributed by atoms with Crippen molar-refractivity contribution in [2.45, 2.75) is 13.0 Å². The maximum absolute atomic E-state index is 13.5. The SMILES string of the molecule is Nc1nc2cc(F)c(Br)cc2n1CCc1cccnc1. The van der Waals surface area contributed by atoms with Crippen molar-refractivity contribution in [3.05, 3.63) is 52.5 Å². The molecular weight excluding hydrogens is 323 g/mol. The quantitative estimate of drug-likeness (QED) is 0.800. The molecule has 0 aliphatic heterocycles. The third-order valence-corrected chi connectivity index (χ3v) is 3.77. The average Bonchev–Trinajstić information content (AvgIpc) is 2.73. The molecule has 0 radical (unpaired) electrons. The molecule has 0 saturated heterocycles. The third-order valence-electron chi connectivity index (χ3n) is 3.17. The number of nitrogens with two attached hydrogens (primary N) is 1. The molecule has 4 nitrogen and oxygen atoms in total. The fraction of sp³-hybridized carbons (Fsp3) is 0.143. The molecule has 2 aromatic heterocycles. The van der Waals surface area contributed by atoms with Crippen molar-refractivity contribution in [1.82, 2.24) is 14.5 Å². The second-order valence-corrected chi connectivity index (χ2v) is 5.34. The molecule has 0 unspecified atom stereocenters. The lowest BCUT2D eigenvalue weighted by Gasteiger charge is -2.06. The molecule has 0 amide bonds. The first-order valence-corrected chi connectivity index (χ1v) is 6.94. The van der Waals surface area contributed by atoms with E-state index in [1.54, 1.807) is 12.3 Å². The summed E-state index contributed by atoms with van der Waals surface area (Å²) in [4.78, 5) is 8.27. The van der Waals surface area contributed by atoms with Gasteiger partial charge in [0.1, 0.15) is 5.82 Å². The molecule has 0 spiro atoms. The Morgan fingerprint density at radius 3 is 2.95 bits per heavy atom. The van der Waals surface area contributed by atoms with Gasteiger partial charge in [0, 0.05) is 25.0 Å². The van der Waals surface area contributed by atoms with Crippen LogP contribution in [0, 0.1) is 5.82 Å². The van der Waals surface area contributed by atoms with E-state index < -0.39 is 0 Å². The Kier molecular flexibility index (Phi) is 3.40. The number of benzene rings is 1. The van der Waals surface area contributed by atoms with E-state index in [1.807, 2.05) is 22.9 Å². The van der Waals surface area contributed by atoms with E-state index in [-0.39, 0.29) is 5.82 Å². The number of aryl methyl sites for hydroxylation is 2. The summed E-state index contributed by atoms with van der Waals surface area (Å²) < 4.78 is 15.8. The Hall–Kier alpha value is -1.95. The molecule has 0 fully saturated rings. The monoisotopic (exact) mass is 334 g/mol. The summed E-state index contributed by atoms with van der Waals surface area (Å²) in [5.74, 6) is 0.0517. The van der Waals surface area contributed by atoms with Crippen molar-refractivity contribution in [2.24, 2.45) is 0 Å². The van der Waals surface area contributed by atoms with Gasteiger partial charge in [-0.2, -0.15) is 0 Å². The fourth-order valence-electron chi connectivity index (χ4n) is 2.16. The van der Waals surface area contributed by atoms with Gasteiger partial charge < -0.3 is 10.3 Å². The minimum atomic E-state index is -0.339. The van der Waals surface area contributed by atoms with Crippen LogP contribution in [-0.4, -0.2) is 14.5 Å². The van der Waals surface area contributed by atoms with Crippen LogP contribution in [0.5, 0.6) is 0 Å². The number of nitrogens with zero attached hydrogens (tertiary/aromatic N) is 3. The Morgan fingerprint density at radius 2 is 2.20 bits per heavy atom.